The van der Waals surface area contributed by atoms with Crippen LogP contribution in [0.1, 0.15) is 209 Å². The molecule has 12 saturated carbocycles. The van der Waals surface area contributed by atoms with Crippen LogP contribution in [0.5, 0.6) is 0 Å². The third-order valence-electron chi connectivity index (χ3n) is 37.5. The number of esters is 1. The molecule has 32 atom stereocenters. The topological polar surface area (TPSA) is 406 Å². The SMILES string of the molecule is C[C@]12C[C@H](O)[C@H]3[C@@H](CCC4=CC(=O)CC(OC(=O)C(C5CC(=O)C=C6CC[C@@H]7[C@H]([C@@H](O)C[C@@]8(C)[C@H]7CC[C@]8(O)C(=O)CO)[C@]65C)(C5CC(=O)C=C6CC[C@@H]7[C@H]([C@@H](O)C[C@@]8(C)[C@H]7CC[C@]8(O)C(=O)CO)[C@]65C)C5CC(=O)C=C6CC[C@@H]7[C@H]([C@@H](O)C[C@@]8(C)[C@H]7CC[C@]8(O)C(=O)CO)[C@]65C)[C@@]43C)[C@@H]1CC[C@]2(O)C(=O)CO. The molecule has 0 amide bonds. The summed E-state index contributed by atoms with van der Waals surface area (Å²) < 4.78 is 7.90. The lowest BCUT2D eigenvalue weighted by Crippen LogP contribution is -2.73. The van der Waals surface area contributed by atoms with Crippen molar-refractivity contribution in [2.75, 3.05) is 26.4 Å². The average Bonchev–Trinajstić information content (AvgIpc) is 0.805. The molecule has 16 rings (SSSR count). The summed E-state index contributed by atoms with van der Waals surface area (Å²) in [5.74, 6) is -17.7. The van der Waals surface area contributed by atoms with Crippen LogP contribution in [0.25, 0.3) is 0 Å². The van der Waals surface area contributed by atoms with Gasteiger partial charge in [-0.1, -0.05) is 77.7 Å². The van der Waals surface area contributed by atoms with E-state index in [4.69, 9.17) is 4.74 Å². The van der Waals surface area contributed by atoms with Crippen molar-refractivity contribution < 1.29 is 109 Å². The van der Waals surface area contributed by atoms with E-state index in [1.807, 2.05) is 27.7 Å². The molecular formula is C86H116O22. The lowest BCUT2D eigenvalue weighted by Gasteiger charge is -2.71. The zero-order valence-corrected chi connectivity index (χ0v) is 64.1. The maximum absolute atomic E-state index is 19.4. The molecule has 22 heteroatoms. The minimum absolute atomic E-state index is 0.0108. The van der Waals surface area contributed by atoms with Gasteiger partial charge in [-0.25, -0.2) is 0 Å². The number of Topliss-reactive ketones (excluding diaryl/α,β-unsaturated/α-hetero) is 4. The first-order chi connectivity index (χ1) is 50.6. The first-order valence-corrected chi connectivity index (χ1v) is 41.0. The van der Waals surface area contributed by atoms with Crippen molar-refractivity contribution in [2.45, 2.75) is 262 Å². The van der Waals surface area contributed by atoms with Gasteiger partial charge >= 0.3 is 5.97 Å². The molecule has 0 aromatic carbocycles. The van der Waals surface area contributed by atoms with Crippen molar-refractivity contribution in [3.63, 3.8) is 0 Å². The average molecular weight is 1500 g/mol. The molecule has 4 unspecified atom stereocenters. The van der Waals surface area contributed by atoms with Gasteiger partial charge in [-0.15, -0.1) is 0 Å². The summed E-state index contributed by atoms with van der Waals surface area (Å²) >= 11 is 0. The summed E-state index contributed by atoms with van der Waals surface area (Å²) in [5, 5.41) is 148. The molecule has 0 spiro atoms. The van der Waals surface area contributed by atoms with E-state index in [1.165, 1.54) is 0 Å². The zero-order chi connectivity index (χ0) is 77.9. The molecule has 0 bridgehead atoms. The molecule has 12 fully saturated rings. The van der Waals surface area contributed by atoms with E-state index in [9.17, 15) is 80.5 Å². The third-order valence-corrected chi connectivity index (χ3v) is 37.5. The fraction of sp³-hybridized carbons (Fsp3) is 0.802. The fourth-order valence-electron chi connectivity index (χ4n) is 32.9. The number of allylic oxidation sites excluding steroid dienone is 3. The largest absolute Gasteiger partial charge is 0.461 e. The van der Waals surface area contributed by atoms with Crippen LogP contribution in [0, 0.1) is 138 Å². The maximum atomic E-state index is 19.4. The van der Waals surface area contributed by atoms with Gasteiger partial charge in [0.1, 0.15) is 54.9 Å². The quantitative estimate of drug-likeness (QED) is 0.103. The standard InChI is InChI=1S/C86H116O22/c1-74-33-57(95)69-49(53(74)17-21-82(74,104)64(99)37-87)13-9-41-25-45(91)29-61(78(41,69)5)86(62-30-46(92)26-42-10-14-50-54-18-22-83(105,65(100)38-88)75(54,2)34-58(96)70(50)79(42,62)6,63-31-47(93)27-43-11-15-51-55-19-23-84(106,66(101)39-89)76(55,3)35-59(97)71(51)80(43,63)7)73(103)108-68-32-48(94)28-44-12-16-52-56-20-24-85(107,67(102)40-90)77(56,4)36-60(98)72(52)81(44,68)8/h25-28,49-63,68-72,87-90,95-98,104-107H,9-24,29-40H2,1-8H3/t49-,50-,51-,52-,53-,54-,55-,56-,57-,58-,59-,60-,61?,62?,63?,68?,69+,70+,71+,72+,74-,75-,76-,77-,78+,79+,80+,81+,82-,83-,84-,85-,86?/m0/s1. The highest BCUT2D eigenvalue weighted by Gasteiger charge is 2.81. The Morgan fingerprint density at radius 2 is 0.602 bits per heavy atom. The van der Waals surface area contributed by atoms with Crippen LogP contribution in [0.15, 0.2) is 46.6 Å². The van der Waals surface area contributed by atoms with Gasteiger partial charge in [0.25, 0.3) is 0 Å². The van der Waals surface area contributed by atoms with Gasteiger partial charge in [0.2, 0.25) is 0 Å². The molecular weight excluding hydrogens is 1380 g/mol. The number of carbonyl (C=O) groups is 9. The second kappa shape index (κ2) is 24.9. The second-order valence-corrected chi connectivity index (χ2v) is 40.0. The van der Waals surface area contributed by atoms with Crippen LogP contribution in [0.2, 0.25) is 0 Å². The van der Waals surface area contributed by atoms with E-state index in [-0.39, 0.29) is 77.0 Å². The van der Waals surface area contributed by atoms with Crippen molar-refractivity contribution >= 4 is 52.2 Å². The Balaban J connectivity index is 0.971. The van der Waals surface area contributed by atoms with Crippen molar-refractivity contribution in [3.8, 4) is 0 Å². The van der Waals surface area contributed by atoms with Gasteiger partial charge in [0.15, 0.2) is 46.3 Å². The van der Waals surface area contributed by atoms with Gasteiger partial charge < -0.3 is 66.0 Å². The highest BCUT2D eigenvalue weighted by Crippen LogP contribution is 2.81. The molecule has 0 heterocycles. The molecule has 0 aromatic rings. The van der Waals surface area contributed by atoms with Gasteiger partial charge in [-0.05, 0) is 252 Å². The molecule has 0 radical (unpaired) electrons. The molecule has 0 aliphatic heterocycles. The number of fused-ring (bicyclic) bond motifs is 20. The summed E-state index contributed by atoms with van der Waals surface area (Å²) in [6.45, 7) is 11.1. The number of hydrogen-bond acceptors (Lipinski definition) is 22. The molecule has 16 aliphatic rings. The van der Waals surface area contributed by atoms with E-state index in [0.29, 0.717) is 73.7 Å². The molecule has 592 valence electrons. The van der Waals surface area contributed by atoms with Crippen LogP contribution in [0.3, 0.4) is 0 Å². The monoisotopic (exact) mass is 1500 g/mol. The number of aliphatic hydroxyl groups is 12. The van der Waals surface area contributed by atoms with Crippen molar-refractivity contribution in [1.29, 1.82) is 0 Å². The summed E-state index contributed by atoms with van der Waals surface area (Å²) in [6, 6.07) is 0. The molecule has 12 N–H and O–H groups in total. The van der Waals surface area contributed by atoms with Gasteiger partial charge in [-0.2, -0.15) is 0 Å². The molecule has 0 aromatic heterocycles. The van der Waals surface area contributed by atoms with Crippen LogP contribution in [-0.4, -0.2) is 193 Å². The summed E-state index contributed by atoms with van der Waals surface area (Å²) in [6.07, 6.45) is 0.372. The summed E-state index contributed by atoms with van der Waals surface area (Å²) in [5.41, 5.74) is -19.6. The van der Waals surface area contributed by atoms with Crippen molar-refractivity contribution in [1.82, 2.24) is 0 Å². The molecule has 0 saturated heterocycles. The minimum atomic E-state index is -2.44. The van der Waals surface area contributed by atoms with Crippen molar-refractivity contribution in [3.05, 3.63) is 46.6 Å². The summed E-state index contributed by atoms with van der Waals surface area (Å²) in [7, 11) is 0. The predicted molar refractivity (Wildman–Crippen MR) is 385 cm³/mol. The van der Waals surface area contributed by atoms with E-state index in [0.717, 1.165) is 0 Å². The molecule has 16 aliphatic carbocycles. The first kappa shape index (κ1) is 77.3. The third kappa shape index (κ3) is 9.29. The van der Waals surface area contributed by atoms with E-state index in [1.54, 1.807) is 52.0 Å². The van der Waals surface area contributed by atoms with E-state index >= 15 is 24.0 Å². The predicted octanol–water partition coefficient (Wildman–Crippen LogP) is 5.35. The zero-order valence-electron chi connectivity index (χ0n) is 64.1. The fourth-order valence-corrected chi connectivity index (χ4v) is 32.9. The second-order valence-electron chi connectivity index (χ2n) is 40.0. The van der Waals surface area contributed by atoms with Gasteiger partial charge in [0.05, 0.1) is 29.8 Å². The van der Waals surface area contributed by atoms with E-state index in [2.05, 4.69) is 0 Å². The Kier molecular flexibility index (Phi) is 17.8. The Bertz CT molecular complexity index is 3760. The number of carbonyl (C=O) groups excluding carboxylic acids is 9. The van der Waals surface area contributed by atoms with Crippen molar-refractivity contribution in [2.24, 2.45) is 138 Å². The van der Waals surface area contributed by atoms with Crippen LogP contribution in [0.4, 0.5) is 0 Å². The summed E-state index contributed by atoms with van der Waals surface area (Å²) in [4.78, 5) is 139. The van der Waals surface area contributed by atoms with Crippen LogP contribution >= 0.6 is 0 Å². The minimum Gasteiger partial charge on any atom is -0.461 e. The maximum Gasteiger partial charge on any atom is 0.313 e. The Labute approximate surface area is 631 Å². The lowest BCUT2D eigenvalue weighted by atomic mass is 9.31. The molecule has 22 nitrogen and oxygen atoms in total. The number of rotatable bonds is 13. The Morgan fingerprint density at radius 3 is 0.852 bits per heavy atom. The Hall–Kier alpha value is -4.69. The highest BCUT2D eigenvalue weighted by atomic mass is 16.5. The number of aliphatic hydroxyl groups excluding tert-OH is 8. The van der Waals surface area contributed by atoms with E-state index < -0.39 is 295 Å². The number of ether oxygens (including phenoxy) is 1. The van der Waals surface area contributed by atoms with Crippen LogP contribution in [-0.2, 0) is 47.9 Å². The normalized spacial score (nSPS) is 52.9. The number of ketones is 8. The molecule has 108 heavy (non-hydrogen) atoms. The Morgan fingerprint density at radius 1 is 0.370 bits per heavy atom. The lowest BCUT2D eigenvalue weighted by molar-refractivity contribution is -0.249. The number of hydrogen-bond donors (Lipinski definition) is 12. The first-order valence-electron chi connectivity index (χ1n) is 41.0. The smallest absolute Gasteiger partial charge is 0.313 e. The van der Waals surface area contributed by atoms with Gasteiger partial charge in [0, 0.05) is 58.7 Å². The highest BCUT2D eigenvalue weighted by molar-refractivity contribution is 5.98. The van der Waals surface area contributed by atoms with Gasteiger partial charge in [-0.3, -0.25) is 43.2 Å². The van der Waals surface area contributed by atoms with Crippen LogP contribution < -0.4 is 0 Å².